The summed E-state index contributed by atoms with van der Waals surface area (Å²) >= 11 is 0. The highest BCUT2D eigenvalue weighted by Crippen LogP contribution is 2.42. The summed E-state index contributed by atoms with van der Waals surface area (Å²) in [5, 5.41) is 0. The third kappa shape index (κ3) is 5.22. The minimum absolute atomic E-state index is 0.0133. The molecule has 0 saturated carbocycles. The third-order valence-corrected chi connectivity index (χ3v) is 5.45. The second-order valence-corrected chi connectivity index (χ2v) is 7.51. The zero-order valence-electron chi connectivity index (χ0n) is 18.7. The first-order valence-electron chi connectivity index (χ1n) is 10.2. The van der Waals surface area contributed by atoms with E-state index >= 15 is 0 Å². The largest absolute Gasteiger partial charge is 0.497 e. The van der Waals surface area contributed by atoms with E-state index in [1.54, 1.807) is 25.1 Å². The summed E-state index contributed by atoms with van der Waals surface area (Å²) in [5.41, 5.74) is 1.43. The first-order chi connectivity index (χ1) is 15.8. The molecule has 2 aromatic rings. The number of nitrogens with zero attached hydrogens (tertiary/aromatic N) is 1. The molecular formula is C25H25F2NO5. The molecule has 1 unspecified atom stereocenters. The molecule has 0 aromatic heterocycles. The maximum absolute atomic E-state index is 13.7. The maximum Gasteiger partial charge on any atom is 0.336 e. The number of carbonyl (C=O) groups is 2. The van der Waals surface area contributed by atoms with E-state index in [9.17, 15) is 18.4 Å². The first-order valence-corrected chi connectivity index (χ1v) is 10.2. The Morgan fingerprint density at radius 2 is 1.85 bits per heavy atom. The monoisotopic (exact) mass is 457 g/mol. The van der Waals surface area contributed by atoms with Crippen LogP contribution in [0.15, 0.2) is 60.3 Å². The normalized spacial score (nSPS) is 16.0. The maximum atomic E-state index is 13.7. The van der Waals surface area contributed by atoms with Crippen molar-refractivity contribution in [2.24, 2.45) is 0 Å². The van der Waals surface area contributed by atoms with Gasteiger partial charge in [0, 0.05) is 29.7 Å². The van der Waals surface area contributed by atoms with Crippen molar-refractivity contribution in [1.29, 1.82) is 0 Å². The number of ether oxygens (including phenoxy) is 3. The van der Waals surface area contributed by atoms with Gasteiger partial charge in [0.25, 0.3) is 0 Å². The van der Waals surface area contributed by atoms with E-state index in [0.717, 1.165) is 18.2 Å². The average molecular weight is 457 g/mol. The van der Waals surface area contributed by atoms with Gasteiger partial charge in [-0.25, -0.2) is 13.6 Å². The number of allylic oxidation sites excluding steroid dienone is 1. The number of methoxy groups -OCH3 is 2. The Balaban J connectivity index is 2.11. The number of carbonyl (C=O) groups excluding carboxylic acids is 2. The van der Waals surface area contributed by atoms with Gasteiger partial charge in [-0.2, -0.15) is 0 Å². The highest BCUT2D eigenvalue weighted by atomic mass is 19.1. The number of halogens is 2. The van der Waals surface area contributed by atoms with Gasteiger partial charge >= 0.3 is 5.97 Å². The van der Waals surface area contributed by atoms with Gasteiger partial charge in [0.2, 0.25) is 5.91 Å². The highest BCUT2D eigenvalue weighted by Gasteiger charge is 2.38. The first kappa shape index (κ1) is 24.0. The van der Waals surface area contributed by atoms with Crippen LogP contribution in [0.3, 0.4) is 0 Å². The number of esters is 1. The molecule has 0 saturated heterocycles. The number of hydrogen-bond donors (Lipinski definition) is 0. The van der Waals surface area contributed by atoms with Crippen molar-refractivity contribution in [2.75, 3.05) is 20.8 Å². The average Bonchev–Trinajstić information content (AvgIpc) is 2.78. The Labute approximate surface area is 191 Å². The van der Waals surface area contributed by atoms with Crippen molar-refractivity contribution < 1.29 is 32.6 Å². The summed E-state index contributed by atoms with van der Waals surface area (Å²) in [6.07, 6.45) is 1.37. The van der Waals surface area contributed by atoms with E-state index in [2.05, 4.69) is 6.58 Å². The molecular weight excluding hydrogens is 432 g/mol. The van der Waals surface area contributed by atoms with Gasteiger partial charge in [-0.3, -0.25) is 4.79 Å². The molecule has 1 amide bonds. The van der Waals surface area contributed by atoms with Crippen LogP contribution in [0.25, 0.3) is 0 Å². The minimum atomic E-state index is -0.749. The lowest BCUT2D eigenvalue weighted by molar-refractivity contribution is -0.139. The van der Waals surface area contributed by atoms with Gasteiger partial charge in [0.05, 0.1) is 26.3 Å². The molecule has 0 aliphatic carbocycles. The number of benzene rings is 2. The Morgan fingerprint density at radius 3 is 2.45 bits per heavy atom. The van der Waals surface area contributed by atoms with E-state index in [-0.39, 0.29) is 36.6 Å². The zero-order valence-corrected chi connectivity index (χ0v) is 18.7. The van der Waals surface area contributed by atoms with Crippen molar-refractivity contribution in [1.82, 2.24) is 4.90 Å². The molecule has 6 nitrogen and oxygen atoms in total. The van der Waals surface area contributed by atoms with Crippen LogP contribution in [-0.4, -0.2) is 37.6 Å². The summed E-state index contributed by atoms with van der Waals surface area (Å²) in [6.45, 7) is 5.06. The topological polar surface area (TPSA) is 65.1 Å². The summed E-state index contributed by atoms with van der Waals surface area (Å²) in [7, 11) is 3.00. The quantitative estimate of drug-likeness (QED) is 0.431. The van der Waals surface area contributed by atoms with Gasteiger partial charge in [0.1, 0.15) is 29.7 Å². The Bertz CT molecular complexity index is 1090. The van der Waals surface area contributed by atoms with Crippen LogP contribution in [0.2, 0.25) is 0 Å². The standard InChI is InChI=1S/C25H25F2NO5/c1-5-8-33-25(30)24-15(2)28(14-16-9-17(26)11-18(27)10-16)23(29)13-21(24)20-12-19(31-3)6-7-22(20)32-4/h5-7,9-12,21H,1,8,13-14H2,2-4H3. The van der Waals surface area contributed by atoms with Crippen molar-refractivity contribution >= 4 is 11.9 Å². The van der Waals surface area contributed by atoms with Crippen LogP contribution in [-0.2, 0) is 20.9 Å². The molecule has 0 fully saturated rings. The molecule has 8 heteroatoms. The molecule has 1 atom stereocenters. The summed E-state index contributed by atoms with van der Waals surface area (Å²) in [6, 6.07) is 8.18. The van der Waals surface area contributed by atoms with E-state index in [4.69, 9.17) is 14.2 Å². The third-order valence-electron chi connectivity index (χ3n) is 5.45. The van der Waals surface area contributed by atoms with Gasteiger partial charge in [-0.15, -0.1) is 0 Å². The number of hydrogen-bond acceptors (Lipinski definition) is 5. The SMILES string of the molecule is C=CCOC(=O)C1=C(C)N(Cc2cc(F)cc(F)c2)C(=O)CC1c1cc(OC)ccc1OC. The molecule has 0 N–H and O–H groups in total. The van der Waals surface area contributed by atoms with E-state index < -0.39 is 23.5 Å². The van der Waals surface area contributed by atoms with Gasteiger partial charge < -0.3 is 19.1 Å². The molecule has 1 aliphatic heterocycles. The smallest absolute Gasteiger partial charge is 0.336 e. The lowest BCUT2D eigenvalue weighted by Crippen LogP contribution is -2.38. The second kappa shape index (κ2) is 10.3. The van der Waals surface area contributed by atoms with Crippen LogP contribution in [0, 0.1) is 11.6 Å². The van der Waals surface area contributed by atoms with Gasteiger partial charge in [-0.05, 0) is 42.8 Å². The Kier molecular flexibility index (Phi) is 7.48. The molecule has 2 aromatic carbocycles. The molecule has 0 spiro atoms. The fraction of sp³-hybridized carbons (Fsp3) is 0.280. The van der Waals surface area contributed by atoms with Crippen molar-refractivity contribution in [3.05, 3.63) is 83.1 Å². The van der Waals surface area contributed by atoms with Crippen LogP contribution in [0.1, 0.15) is 30.4 Å². The van der Waals surface area contributed by atoms with E-state index in [1.807, 2.05) is 0 Å². The Morgan fingerprint density at radius 1 is 1.15 bits per heavy atom. The summed E-state index contributed by atoms with van der Waals surface area (Å²) in [5.74, 6) is -2.08. The van der Waals surface area contributed by atoms with E-state index in [0.29, 0.717) is 22.8 Å². The van der Waals surface area contributed by atoms with Crippen LogP contribution in [0.5, 0.6) is 11.5 Å². The predicted molar refractivity (Wildman–Crippen MR) is 118 cm³/mol. The molecule has 0 radical (unpaired) electrons. The summed E-state index contributed by atoms with van der Waals surface area (Å²) < 4.78 is 43.5. The predicted octanol–water partition coefficient (Wildman–Crippen LogP) is 4.50. The Hall–Kier alpha value is -3.68. The van der Waals surface area contributed by atoms with Gasteiger partial charge in [0.15, 0.2) is 0 Å². The lowest BCUT2D eigenvalue weighted by atomic mass is 9.83. The highest BCUT2D eigenvalue weighted by molar-refractivity contribution is 5.96. The van der Waals surface area contributed by atoms with Crippen LogP contribution in [0.4, 0.5) is 8.78 Å². The molecule has 1 aliphatic rings. The molecule has 3 rings (SSSR count). The van der Waals surface area contributed by atoms with E-state index in [1.165, 1.54) is 25.2 Å². The zero-order chi connectivity index (χ0) is 24.1. The molecule has 0 bridgehead atoms. The van der Waals surface area contributed by atoms with Crippen molar-refractivity contribution in [3.63, 3.8) is 0 Å². The van der Waals surface area contributed by atoms with Crippen LogP contribution < -0.4 is 9.47 Å². The second-order valence-electron chi connectivity index (χ2n) is 7.51. The lowest BCUT2D eigenvalue weighted by Gasteiger charge is -2.35. The van der Waals surface area contributed by atoms with Crippen LogP contribution >= 0.6 is 0 Å². The van der Waals surface area contributed by atoms with Crippen molar-refractivity contribution in [3.8, 4) is 11.5 Å². The molecule has 174 valence electrons. The van der Waals surface area contributed by atoms with Crippen molar-refractivity contribution in [2.45, 2.75) is 25.8 Å². The fourth-order valence-electron chi connectivity index (χ4n) is 3.94. The fourth-order valence-corrected chi connectivity index (χ4v) is 3.94. The summed E-state index contributed by atoms with van der Waals surface area (Å²) in [4.78, 5) is 27.6. The number of rotatable bonds is 8. The molecule has 1 heterocycles. The number of amides is 1. The minimum Gasteiger partial charge on any atom is -0.497 e. The van der Waals surface area contributed by atoms with Gasteiger partial charge in [-0.1, -0.05) is 12.7 Å². The molecule has 33 heavy (non-hydrogen) atoms.